The summed E-state index contributed by atoms with van der Waals surface area (Å²) < 4.78 is 5.89. The highest BCUT2D eigenvalue weighted by atomic mass is 35.5. The molecule has 126 valence electrons. The van der Waals surface area contributed by atoms with Crippen LogP contribution in [0, 0.1) is 11.3 Å². The van der Waals surface area contributed by atoms with Gasteiger partial charge < -0.3 is 15.8 Å². The van der Waals surface area contributed by atoms with Crippen LogP contribution in [0.1, 0.15) is 60.3 Å². The number of ether oxygens (including phenoxy) is 1. The Bertz CT molecular complexity index is 323. The zero-order valence-corrected chi connectivity index (χ0v) is 15.0. The fourth-order valence-corrected chi connectivity index (χ4v) is 2.56. The zero-order valence-electron chi connectivity index (χ0n) is 14.1. The largest absolute Gasteiger partial charge is 0.378 e. The normalized spacial score (nSPS) is 26.2. The van der Waals surface area contributed by atoms with Gasteiger partial charge in [0.05, 0.1) is 12.1 Å². The molecule has 0 saturated heterocycles. The molecule has 1 aliphatic rings. The van der Waals surface area contributed by atoms with E-state index in [9.17, 15) is 4.79 Å². The fourth-order valence-electron chi connectivity index (χ4n) is 2.56. The average molecular weight is 321 g/mol. The molecular formula is C16H33ClN2O2. The number of hydrogen-bond acceptors (Lipinski definition) is 3. The Labute approximate surface area is 136 Å². The van der Waals surface area contributed by atoms with Gasteiger partial charge in [0.25, 0.3) is 0 Å². The van der Waals surface area contributed by atoms with Crippen molar-refractivity contribution < 1.29 is 9.53 Å². The fraction of sp³-hybridized carbons (Fsp3) is 0.938. The molecular weight excluding hydrogens is 288 g/mol. The smallest absolute Gasteiger partial charge is 0.237 e. The maximum atomic E-state index is 12.1. The van der Waals surface area contributed by atoms with Crippen LogP contribution in [0.25, 0.3) is 0 Å². The van der Waals surface area contributed by atoms with Crippen LogP contribution < -0.4 is 11.1 Å². The van der Waals surface area contributed by atoms with E-state index in [1.54, 1.807) is 0 Å². The zero-order chi connectivity index (χ0) is 15.3. The summed E-state index contributed by atoms with van der Waals surface area (Å²) >= 11 is 0. The summed E-state index contributed by atoms with van der Waals surface area (Å²) in [5, 5.41) is 3.10. The van der Waals surface area contributed by atoms with E-state index in [2.05, 4.69) is 33.0 Å². The highest BCUT2D eigenvalue weighted by Gasteiger charge is 2.49. The predicted molar refractivity (Wildman–Crippen MR) is 89.7 cm³/mol. The maximum absolute atomic E-state index is 12.1. The first-order valence-electron chi connectivity index (χ1n) is 8.02. The monoisotopic (exact) mass is 320 g/mol. The second-order valence-corrected chi connectivity index (χ2v) is 6.74. The van der Waals surface area contributed by atoms with Gasteiger partial charge in [-0.25, -0.2) is 0 Å². The first kappa shape index (κ1) is 20.7. The van der Waals surface area contributed by atoms with Crippen LogP contribution in [-0.2, 0) is 9.53 Å². The third kappa shape index (κ3) is 5.11. The summed E-state index contributed by atoms with van der Waals surface area (Å²) in [4.78, 5) is 12.1. The predicted octanol–water partition coefficient (Wildman–Crippen LogP) is 2.88. The first-order chi connectivity index (χ1) is 9.34. The van der Waals surface area contributed by atoms with Crippen LogP contribution in [-0.4, -0.2) is 30.7 Å². The molecule has 1 rings (SSSR count). The highest BCUT2D eigenvalue weighted by Crippen LogP contribution is 2.42. The van der Waals surface area contributed by atoms with Crippen LogP contribution in [0.2, 0.25) is 0 Å². The van der Waals surface area contributed by atoms with Crippen LogP contribution >= 0.6 is 12.4 Å². The number of nitrogens with one attached hydrogen (secondary N) is 1. The van der Waals surface area contributed by atoms with Gasteiger partial charge in [-0.2, -0.15) is 0 Å². The molecule has 0 spiro atoms. The van der Waals surface area contributed by atoms with E-state index >= 15 is 0 Å². The van der Waals surface area contributed by atoms with E-state index in [1.165, 1.54) is 0 Å². The standard InChI is InChI=1S/C16H32N2O2.ClH/c1-6-8-9-20-13-10-12(16(13,4)5)18-15(19)14(17)11(3)7-2;/h11-14H,6-10,17H2,1-5H3,(H,18,19);1H. The Hall–Kier alpha value is -0.320. The molecule has 0 aliphatic heterocycles. The van der Waals surface area contributed by atoms with Crippen LogP contribution in [0.4, 0.5) is 0 Å². The summed E-state index contributed by atoms with van der Waals surface area (Å²) in [7, 11) is 0. The van der Waals surface area contributed by atoms with E-state index in [0.29, 0.717) is 0 Å². The number of carbonyl (C=O) groups excluding carboxylic acids is 1. The molecule has 0 bridgehead atoms. The molecule has 0 radical (unpaired) electrons. The molecule has 1 aliphatic carbocycles. The summed E-state index contributed by atoms with van der Waals surface area (Å²) in [5.74, 6) is 0.194. The molecule has 1 fully saturated rings. The maximum Gasteiger partial charge on any atom is 0.237 e. The molecule has 1 saturated carbocycles. The van der Waals surface area contributed by atoms with Crippen molar-refractivity contribution in [2.75, 3.05) is 6.61 Å². The summed E-state index contributed by atoms with van der Waals surface area (Å²) in [6, 6.07) is -0.229. The Morgan fingerprint density at radius 1 is 1.43 bits per heavy atom. The molecule has 0 aromatic rings. The van der Waals surface area contributed by atoms with E-state index < -0.39 is 6.04 Å². The Balaban J connectivity index is 0.00000400. The van der Waals surface area contributed by atoms with Gasteiger partial charge in [0.1, 0.15) is 0 Å². The third-order valence-corrected chi connectivity index (χ3v) is 4.87. The first-order valence-corrected chi connectivity index (χ1v) is 8.02. The molecule has 1 amide bonds. The van der Waals surface area contributed by atoms with Crippen molar-refractivity contribution in [1.29, 1.82) is 0 Å². The van der Waals surface area contributed by atoms with E-state index in [0.717, 1.165) is 32.3 Å². The lowest BCUT2D eigenvalue weighted by molar-refractivity contribution is -0.139. The van der Waals surface area contributed by atoms with Gasteiger partial charge in [0.15, 0.2) is 0 Å². The van der Waals surface area contributed by atoms with Crippen molar-refractivity contribution in [3.05, 3.63) is 0 Å². The van der Waals surface area contributed by atoms with Gasteiger partial charge in [-0.3, -0.25) is 4.79 Å². The van der Waals surface area contributed by atoms with Crippen molar-refractivity contribution in [2.45, 2.75) is 78.5 Å². The third-order valence-electron chi connectivity index (χ3n) is 4.87. The van der Waals surface area contributed by atoms with Gasteiger partial charge in [-0.15, -0.1) is 12.4 Å². The van der Waals surface area contributed by atoms with Crippen molar-refractivity contribution in [3.63, 3.8) is 0 Å². The number of halogens is 1. The molecule has 4 nitrogen and oxygen atoms in total. The quantitative estimate of drug-likeness (QED) is 0.676. The van der Waals surface area contributed by atoms with Crippen LogP contribution in [0.5, 0.6) is 0 Å². The average Bonchev–Trinajstić information content (AvgIpc) is 2.43. The number of rotatable bonds is 8. The Morgan fingerprint density at radius 2 is 2.05 bits per heavy atom. The number of carbonyl (C=O) groups is 1. The molecule has 5 heteroatoms. The van der Waals surface area contributed by atoms with Crippen LogP contribution in [0.3, 0.4) is 0 Å². The van der Waals surface area contributed by atoms with E-state index in [4.69, 9.17) is 10.5 Å². The van der Waals surface area contributed by atoms with Gasteiger partial charge in [-0.05, 0) is 18.8 Å². The summed E-state index contributed by atoms with van der Waals surface area (Å²) in [6.45, 7) is 11.4. The van der Waals surface area contributed by atoms with E-state index in [-0.39, 0.29) is 41.8 Å². The lowest BCUT2D eigenvalue weighted by atomic mass is 9.64. The molecule has 0 aromatic heterocycles. The summed E-state index contributed by atoms with van der Waals surface area (Å²) in [6.07, 6.45) is 4.32. The Morgan fingerprint density at radius 3 is 2.52 bits per heavy atom. The highest BCUT2D eigenvalue weighted by molar-refractivity contribution is 5.85. The minimum atomic E-state index is -0.407. The number of amides is 1. The topological polar surface area (TPSA) is 64.3 Å². The van der Waals surface area contributed by atoms with Gasteiger partial charge in [0.2, 0.25) is 5.91 Å². The Kier molecular flexibility index (Phi) is 8.83. The lowest BCUT2D eigenvalue weighted by Gasteiger charge is -2.52. The van der Waals surface area contributed by atoms with Crippen molar-refractivity contribution in [1.82, 2.24) is 5.32 Å². The number of hydrogen-bond donors (Lipinski definition) is 2. The minimum absolute atomic E-state index is 0. The van der Waals surface area contributed by atoms with Crippen molar-refractivity contribution in [2.24, 2.45) is 17.1 Å². The molecule has 4 unspecified atom stereocenters. The molecule has 3 N–H and O–H groups in total. The second kappa shape index (κ2) is 8.96. The van der Waals surface area contributed by atoms with Gasteiger partial charge in [0, 0.05) is 18.1 Å². The molecule has 4 atom stereocenters. The van der Waals surface area contributed by atoms with Gasteiger partial charge in [-0.1, -0.05) is 47.5 Å². The lowest BCUT2D eigenvalue weighted by Crippen LogP contribution is -2.64. The molecule has 0 aromatic carbocycles. The minimum Gasteiger partial charge on any atom is -0.378 e. The second-order valence-electron chi connectivity index (χ2n) is 6.74. The number of unbranched alkanes of at least 4 members (excludes halogenated alkanes) is 1. The van der Waals surface area contributed by atoms with Gasteiger partial charge >= 0.3 is 0 Å². The summed E-state index contributed by atoms with van der Waals surface area (Å²) in [5.41, 5.74) is 5.98. The van der Waals surface area contributed by atoms with E-state index in [1.807, 2.05) is 6.92 Å². The SMILES string of the molecule is CCCCOC1CC(NC(=O)C(N)C(C)CC)C1(C)C.Cl. The molecule has 21 heavy (non-hydrogen) atoms. The van der Waals surface area contributed by atoms with Crippen molar-refractivity contribution >= 4 is 18.3 Å². The number of nitrogens with two attached hydrogens (primary N) is 1. The van der Waals surface area contributed by atoms with Crippen molar-refractivity contribution in [3.8, 4) is 0 Å². The van der Waals surface area contributed by atoms with Crippen LogP contribution in [0.15, 0.2) is 0 Å². The molecule has 0 heterocycles.